The molecule has 3 N–H and O–H groups in total. The van der Waals surface area contributed by atoms with Gasteiger partial charge in [0.1, 0.15) is 5.75 Å². The first kappa shape index (κ1) is 22.5. The molecule has 0 aliphatic carbocycles. The van der Waals surface area contributed by atoms with Crippen LogP contribution in [0.15, 0.2) is 53.5 Å². The molecule has 0 radical (unpaired) electrons. The molecule has 0 fully saturated rings. The van der Waals surface area contributed by atoms with E-state index in [2.05, 4.69) is 15.6 Å². The number of rotatable bonds is 7. The highest BCUT2D eigenvalue weighted by Crippen LogP contribution is 2.17. The molecule has 0 bridgehead atoms. The topological polar surface area (TPSA) is 65.9 Å². The Morgan fingerprint density at radius 2 is 1.85 bits per heavy atom. The van der Waals surface area contributed by atoms with E-state index in [1.54, 1.807) is 7.11 Å². The summed E-state index contributed by atoms with van der Waals surface area (Å²) < 4.78 is 5.13. The lowest BCUT2D eigenvalue weighted by Gasteiger charge is -2.16. The highest BCUT2D eigenvalue weighted by Gasteiger charge is 2.09. The number of benzene rings is 2. The largest absolute Gasteiger partial charge is 0.497 e. The molecular weight excluding hydrogens is 465 g/mol. The third-order valence-corrected chi connectivity index (χ3v) is 4.04. The molecule has 142 valence electrons. The van der Waals surface area contributed by atoms with Gasteiger partial charge in [-0.1, -0.05) is 41.9 Å². The lowest BCUT2D eigenvalue weighted by atomic mass is 10.1. The van der Waals surface area contributed by atoms with E-state index >= 15 is 0 Å². The first-order valence-electron chi connectivity index (χ1n) is 8.21. The predicted molar refractivity (Wildman–Crippen MR) is 118 cm³/mol. The number of ether oxygens (including phenoxy) is 1. The van der Waals surface area contributed by atoms with Gasteiger partial charge in [-0.25, -0.2) is 4.99 Å². The smallest absolute Gasteiger partial charge is 0.191 e. The molecule has 0 spiro atoms. The number of nitrogens with one attached hydrogen (secondary N) is 2. The Balaban J connectivity index is 0.00000338. The fourth-order valence-electron chi connectivity index (χ4n) is 2.27. The summed E-state index contributed by atoms with van der Waals surface area (Å²) in [4.78, 5) is 4.52. The second-order valence-corrected chi connectivity index (χ2v) is 5.86. The van der Waals surface area contributed by atoms with Crippen LogP contribution in [0.1, 0.15) is 24.2 Å². The number of aliphatic hydroxyl groups excluding tert-OH is 1. The highest BCUT2D eigenvalue weighted by atomic mass is 127. The van der Waals surface area contributed by atoms with Crippen molar-refractivity contribution in [2.45, 2.75) is 19.6 Å². The molecule has 0 aromatic heterocycles. The van der Waals surface area contributed by atoms with Crippen LogP contribution in [0.3, 0.4) is 0 Å². The number of halogens is 2. The molecule has 0 saturated heterocycles. The predicted octanol–water partition coefficient (Wildman–Crippen LogP) is 3.76. The minimum absolute atomic E-state index is 0. The van der Waals surface area contributed by atoms with Crippen LogP contribution >= 0.6 is 35.6 Å². The molecule has 0 amide bonds. The Morgan fingerprint density at radius 3 is 2.46 bits per heavy atom. The summed E-state index contributed by atoms with van der Waals surface area (Å²) >= 11 is 6.16. The Labute approximate surface area is 176 Å². The summed E-state index contributed by atoms with van der Waals surface area (Å²) in [5, 5.41) is 17.3. The molecule has 0 aliphatic rings. The maximum atomic E-state index is 10.3. The lowest BCUT2D eigenvalue weighted by Crippen LogP contribution is -2.39. The zero-order valence-electron chi connectivity index (χ0n) is 14.9. The minimum atomic E-state index is -0.643. The lowest BCUT2D eigenvalue weighted by molar-refractivity contribution is 0.180. The molecule has 7 heteroatoms. The first-order valence-corrected chi connectivity index (χ1v) is 8.59. The van der Waals surface area contributed by atoms with Crippen LogP contribution < -0.4 is 15.4 Å². The van der Waals surface area contributed by atoms with Crippen molar-refractivity contribution in [1.82, 2.24) is 10.6 Å². The third-order valence-electron chi connectivity index (χ3n) is 3.67. The van der Waals surface area contributed by atoms with Crippen LogP contribution in [0, 0.1) is 0 Å². The van der Waals surface area contributed by atoms with E-state index in [4.69, 9.17) is 16.3 Å². The van der Waals surface area contributed by atoms with Crippen LogP contribution in [0.4, 0.5) is 0 Å². The number of aliphatic hydroxyl groups is 1. The molecule has 1 unspecified atom stereocenters. The van der Waals surface area contributed by atoms with Crippen molar-refractivity contribution in [3.05, 3.63) is 64.7 Å². The standard InChI is InChI=1S/C19H24ClN3O2.HI/c1-3-21-19(22-12-15-6-4-5-7-17(15)20)23-13-18(24)14-8-10-16(25-2)11-9-14;/h4-11,18,24H,3,12-13H2,1-2H3,(H2,21,22,23);1H. The van der Waals surface area contributed by atoms with Crippen molar-refractivity contribution in [1.29, 1.82) is 0 Å². The van der Waals surface area contributed by atoms with Gasteiger partial charge in [0, 0.05) is 18.1 Å². The second-order valence-electron chi connectivity index (χ2n) is 5.46. The van der Waals surface area contributed by atoms with E-state index in [0.717, 1.165) is 23.4 Å². The maximum absolute atomic E-state index is 10.3. The van der Waals surface area contributed by atoms with Gasteiger partial charge in [-0.3, -0.25) is 0 Å². The van der Waals surface area contributed by atoms with Gasteiger partial charge in [0.15, 0.2) is 5.96 Å². The van der Waals surface area contributed by atoms with Crippen molar-refractivity contribution in [3.8, 4) is 5.75 Å². The average molecular weight is 490 g/mol. The third kappa shape index (κ3) is 7.01. The van der Waals surface area contributed by atoms with E-state index < -0.39 is 6.10 Å². The summed E-state index contributed by atoms with van der Waals surface area (Å²) in [6.07, 6.45) is -0.643. The zero-order chi connectivity index (χ0) is 18.1. The molecule has 0 aliphatic heterocycles. The van der Waals surface area contributed by atoms with Crippen LogP contribution in [0.5, 0.6) is 5.75 Å². The second kappa shape index (κ2) is 12.0. The Morgan fingerprint density at radius 1 is 1.15 bits per heavy atom. The molecule has 0 saturated carbocycles. The molecule has 0 heterocycles. The van der Waals surface area contributed by atoms with E-state index in [1.165, 1.54) is 0 Å². The van der Waals surface area contributed by atoms with Crippen LogP contribution in [0.2, 0.25) is 5.02 Å². The molecule has 2 rings (SSSR count). The number of aliphatic imine (C=N–C) groups is 1. The fraction of sp³-hybridized carbons (Fsp3) is 0.316. The van der Waals surface area contributed by atoms with Gasteiger partial charge in [-0.05, 0) is 36.2 Å². The Hall–Kier alpha value is -1.51. The van der Waals surface area contributed by atoms with Crippen molar-refractivity contribution in [2.24, 2.45) is 4.99 Å². The van der Waals surface area contributed by atoms with E-state index in [-0.39, 0.29) is 24.0 Å². The van der Waals surface area contributed by atoms with E-state index in [1.807, 2.05) is 55.5 Å². The number of guanidine groups is 1. The molecular formula is C19H25ClIN3O2. The number of nitrogens with zero attached hydrogens (tertiary/aromatic N) is 1. The van der Waals surface area contributed by atoms with Crippen LogP contribution in [-0.4, -0.2) is 31.3 Å². The molecule has 1 atom stereocenters. The summed E-state index contributed by atoms with van der Waals surface area (Å²) in [6.45, 7) is 3.54. The summed E-state index contributed by atoms with van der Waals surface area (Å²) in [6, 6.07) is 15.0. The van der Waals surface area contributed by atoms with Gasteiger partial charge in [0.2, 0.25) is 0 Å². The molecule has 26 heavy (non-hydrogen) atoms. The molecule has 5 nitrogen and oxygen atoms in total. The highest BCUT2D eigenvalue weighted by molar-refractivity contribution is 14.0. The normalized spacial score (nSPS) is 12.1. The number of methoxy groups -OCH3 is 1. The van der Waals surface area contributed by atoms with Crippen molar-refractivity contribution >= 4 is 41.5 Å². The maximum Gasteiger partial charge on any atom is 0.191 e. The van der Waals surface area contributed by atoms with Crippen LogP contribution in [0.25, 0.3) is 0 Å². The van der Waals surface area contributed by atoms with E-state index in [0.29, 0.717) is 24.1 Å². The summed E-state index contributed by atoms with van der Waals surface area (Å²) in [7, 11) is 1.62. The number of hydrogen-bond donors (Lipinski definition) is 3. The quantitative estimate of drug-likeness (QED) is 0.315. The SMILES string of the molecule is CCNC(=NCc1ccccc1Cl)NCC(O)c1ccc(OC)cc1.I. The van der Waals surface area contributed by atoms with Gasteiger partial charge < -0.3 is 20.5 Å². The van der Waals surface area contributed by atoms with Gasteiger partial charge in [-0.2, -0.15) is 0 Å². The first-order chi connectivity index (χ1) is 12.1. The summed E-state index contributed by atoms with van der Waals surface area (Å²) in [5.41, 5.74) is 1.77. The van der Waals surface area contributed by atoms with E-state index in [9.17, 15) is 5.11 Å². The summed E-state index contributed by atoms with van der Waals surface area (Å²) in [5.74, 6) is 1.40. The van der Waals surface area contributed by atoms with Gasteiger partial charge in [0.05, 0.1) is 19.8 Å². The fourth-order valence-corrected chi connectivity index (χ4v) is 2.47. The zero-order valence-corrected chi connectivity index (χ0v) is 18.0. The van der Waals surface area contributed by atoms with Crippen molar-refractivity contribution in [2.75, 3.05) is 20.2 Å². The van der Waals surface area contributed by atoms with Crippen LogP contribution in [-0.2, 0) is 6.54 Å². The molecule has 2 aromatic carbocycles. The number of hydrogen-bond acceptors (Lipinski definition) is 3. The Kier molecular flexibility index (Phi) is 10.4. The molecule has 2 aromatic rings. The van der Waals surface area contributed by atoms with Gasteiger partial charge in [0.25, 0.3) is 0 Å². The Bertz CT molecular complexity index is 695. The van der Waals surface area contributed by atoms with Crippen molar-refractivity contribution < 1.29 is 9.84 Å². The minimum Gasteiger partial charge on any atom is -0.497 e. The van der Waals surface area contributed by atoms with Crippen molar-refractivity contribution in [3.63, 3.8) is 0 Å². The average Bonchev–Trinajstić information content (AvgIpc) is 2.65. The monoisotopic (exact) mass is 489 g/mol. The van der Waals surface area contributed by atoms with Gasteiger partial charge in [-0.15, -0.1) is 24.0 Å². The van der Waals surface area contributed by atoms with Gasteiger partial charge >= 0.3 is 0 Å².